The largest absolute Gasteiger partial charge is 0.449 e. The molecule has 7 nitrogen and oxygen atoms in total. The van der Waals surface area contributed by atoms with Crippen LogP contribution in [0.1, 0.15) is 36.0 Å². The molecule has 32 heavy (non-hydrogen) atoms. The molecule has 1 aliphatic rings. The van der Waals surface area contributed by atoms with E-state index in [4.69, 9.17) is 16.0 Å². The molecule has 1 aliphatic heterocycles. The minimum absolute atomic E-state index is 0.0438. The molecule has 1 amide bonds. The molecule has 0 aliphatic carbocycles. The lowest BCUT2D eigenvalue weighted by atomic mass is 10.0. The van der Waals surface area contributed by atoms with Crippen LogP contribution in [0.4, 0.5) is 5.69 Å². The Morgan fingerprint density at radius 2 is 1.97 bits per heavy atom. The molecule has 3 aromatic rings. The first kappa shape index (κ1) is 22.5. The van der Waals surface area contributed by atoms with E-state index in [0.717, 1.165) is 18.4 Å². The van der Waals surface area contributed by atoms with Crippen LogP contribution in [0.2, 0.25) is 5.02 Å². The monoisotopic (exact) mass is 473 g/mol. The van der Waals surface area contributed by atoms with E-state index in [2.05, 4.69) is 10.3 Å². The van der Waals surface area contributed by atoms with Gasteiger partial charge in [-0.05, 0) is 49.1 Å². The van der Waals surface area contributed by atoms with Crippen LogP contribution in [0.5, 0.6) is 0 Å². The van der Waals surface area contributed by atoms with Crippen molar-refractivity contribution < 1.29 is 17.6 Å². The number of amides is 1. The standard InChI is InChI=1S/C23H24ClN3O4S/c1-15-4-3-11-27(13-15)32(29,30)22-12-18(7-10-20(22)24)23(28)26-19-8-5-17(6-9-19)21-14-31-16(2)25-21/h5-10,12,14-15H,3-4,11,13H2,1-2H3,(H,26,28). The molecule has 168 valence electrons. The van der Waals surface area contributed by atoms with Crippen molar-refractivity contribution in [3.63, 3.8) is 0 Å². The minimum Gasteiger partial charge on any atom is -0.449 e. The third-order valence-corrected chi connectivity index (χ3v) is 7.84. The SMILES string of the molecule is Cc1nc(-c2ccc(NC(=O)c3ccc(Cl)c(S(=O)(=O)N4CCCC(C)C4)c3)cc2)co1. The number of rotatable bonds is 5. The number of halogens is 1. The summed E-state index contributed by atoms with van der Waals surface area (Å²) in [6.07, 6.45) is 3.38. The number of oxazole rings is 1. The molecular formula is C23H24ClN3O4S. The molecule has 2 heterocycles. The Morgan fingerprint density at radius 1 is 1.22 bits per heavy atom. The number of carbonyl (C=O) groups is 1. The number of benzene rings is 2. The van der Waals surface area contributed by atoms with Crippen molar-refractivity contribution in [1.29, 1.82) is 0 Å². The topological polar surface area (TPSA) is 92.5 Å². The molecule has 0 spiro atoms. The van der Waals surface area contributed by atoms with Gasteiger partial charge in [-0.2, -0.15) is 4.31 Å². The maximum atomic E-state index is 13.2. The van der Waals surface area contributed by atoms with E-state index in [1.165, 1.54) is 22.5 Å². The fourth-order valence-corrected chi connectivity index (χ4v) is 5.87. The highest BCUT2D eigenvalue weighted by Crippen LogP contribution is 2.29. The van der Waals surface area contributed by atoms with Crippen molar-refractivity contribution in [1.82, 2.24) is 9.29 Å². The highest BCUT2D eigenvalue weighted by Gasteiger charge is 2.31. The summed E-state index contributed by atoms with van der Waals surface area (Å²) < 4.78 is 33.0. The van der Waals surface area contributed by atoms with Crippen molar-refractivity contribution >= 4 is 33.2 Å². The molecule has 1 atom stereocenters. The average molecular weight is 474 g/mol. The van der Waals surface area contributed by atoms with Gasteiger partial charge in [0.15, 0.2) is 5.89 Å². The van der Waals surface area contributed by atoms with Gasteiger partial charge >= 0.3 is 0 Å². The second kappa shape index (κ2) is 9.05. The molecule has 1 N–H and O–H groups in total. The Morgan fingerprint density at radius 3 is 2.62 bits per heavy atom. The van der Waals surface area contributed by atoms with Gasteiger partial charge in [-0.1, -0.05) is 30.7 Å². The van der Waals surface area contributed by atoms with Crippen molar-refractivity contribution in [2.45, 2.75) is 31.6 Å². The van der Waals surface area contributed by atoms with Gasteiger partial charge in [0, 0.05) is 36.8 Å². The number of sulfonamides is 1. The Kier molecular flexibility index (Phi) is 6.37. The molecule has 9 heteroatoms. The zero-order valence-electron chi connectivity index (χ0n) is 17.8. The van der Waals surface area contributed by atoms with Crippen LogP contribution in [0, 0.1) is 12.8 Å². The molecule has 0 bridgehead atoms. The van der Waals surface area contributed by atoms with E-state index in [-0.39, 0.29) is 21.4 Å². The van der Waals surface area contributed by atoms with E-state index in [1.807, 2.05) is 19.1 Å². The summed E-state index contributed by atoms with van der Waals surface area (Å²) >= 11 is 6.23. The summed E-state index contributed by atoms with van der Waals surface area (Å²) in [4.78, 5) is 17.0. The van der Waals surface area contributed by atoms with Crippen LogP contribution in [0.15, 0.2) is 58.0 Å². The number of anilines is 1. The smallest absolute Gasteiger partial charge is 0.255 e. The number of piperidine rings is 1. The van der Waals surface area contributed by atoms with Gasteiger partial charge in [0.05, 0.1) is 5.02 Å². The Hall–Kier alpha value is -2.68. The van der Waals surface area contributed by atoms with Crippen LogP contribution in [-0.4, -0.2) is 36.7 Å². The van der Waals surface area contributed by atoms with Gasteiger partial charge in [0.1, 0.15) is 16.9 Å². The number of hydrogen-bond acceptors (Lipinski definition) is 5. The van der Waals surface area contributed by atoms with E-state index in [1.54, 1.807) is 25.3 Å². The van der Waals surface area contributed by atoms with Crippen molar-refractivity contribution in [2.24, 2.45) is 5.92 Å². The average Bonchev–Trinajstić information content (AvgIpc) is 3.20. The van der Waals surface area contributed by atoms with Crippen LogP contribution >= 0.6 is 11.6 Å². The number of nitrogens with zero attached hydrogens (tertiary/aromatic N) is 2. The summed E-state index contributed by atoms with van der Waals surface area (Å²) in [7, 11) is -3.78. The fourth-order valence-electron chi connectivity index (χ4n) is 3.77. The maximum Gasteiger partial charge on any atom is 0.255 e. The third kappa shape index (κ3) is 4.72. The number of aromatic nitrogens is 1. The first-order valence-electron chi connectivity index (χ1n) is 10.4. The number of aryl methyl sites for hydroxylation is 1. The Labute approximate surface area is 192 Å². The van der Waals surface area contributed by atoms with E-state index >= 15 is 0 Å². The van der Waals surface area contributed by atoms with Crippen molar-refractivity contribution in [3.05, 3.63) is 65.2 Å². The molecule has 4 rings (SSSR count). The third-order valence-electron chi connectivity index (χ3n) is 5.49. The molecule has 2 aromatic carbocycles. The lowest BCUT2D eigenvalue weighted by molar-refractivity contribution is 0.102. The van der Waals surface area contributed by atoms with Gasteiger partial charge in [-0.3, -0.25) is 4.79 Å². The Bertz CT molecular complexity index is 1240. The van der Waals surface area contributed by atoms with Crippen LogP contribution in [0.25, 0.3) is 11.3 Å². The molecule has 0 radical (unpaired) electrons. The maximum absolute atomic E-state index is 13.2. The predicted octanol–water partition coefficient (Wildman–Crippen LogP) is 4.98. The van der Waals surface area contributed by atoms with E-state index in [9.17, 15) is 13.2 Å². The summed E-state index contributed by atoms with van der Waals surface area (Å²) in [5, 5.41) is 2.90. The number of carbonyl (C=O) groups excluding carboxylic acids is 1. The quantitative estimate of drug-likeness (QED) is 0.564. The highest BCUT2D eigenvalue weighted by atomic mass is 35.5. The van der Waals surface area contributed by atoms with Crippen LogP contribution in [-0.2, 0) is 10.0 Å². The first-order valence-corrected chi connectivity index (χ1v) is 12.2. The van der Waals surface area contributed by atoms with Crippen LogP contribution < -0.4 is 5.32 Å². The van der Waals surface area contributed by atoms with E-state index in [0.29, 0.717) is 30.4 Å². The zero-order valence-corrected chi connectivity index (χ0v) is 19.4. The number of hydrogen-bond donors (Lipinski definition) is 1. The van der Waals surface area contributed by atoms with Gasteiger partial charge in [-0.15, -0.1) is 0 Å². The van der Waals surface area contributed by atoms with Crippen molar-refractivity contribution in [2.75, 3.05) is 18.4 Å². The molecule has 1 saturated heterocycles. The lowest BCUT2D eigenvalue weighted by Gasteiger charge is -2.30. The lowest BCUT2D eigenvalue weighted by Crippen LogP contribution is -2.39. The fraction of sp³-hybridized carbons (Fsp3) is 0.304. The second-order valence-corrected chi connectivity index (χ2v) is 10.4. The first-order chi connectivity index (χ1) is 15.2. The summed E-state index contributed by atoms with van der Waals surface area (Å²) in [5.41, 5.74) is 2.35. The summed E-state index contributed by atoms with van der Waals surface area (Å²) in [6, 6.07) is 11.5. The summed E-state index contributed by atoms with van der Waals surface area (Å²) in [6.45, 7) is 4.70. The molecular weight excluding hydrogens is 450 g/mol. The molecule has 0 saturated carbocycles. The minimum atomic E-state index is -3.78. The van der Waals surface area contributed by atoms with Gasteiger partial charge in [-0.25, -0.2) is 13.4 Å². The Balaban J connectivity index is 1.53. The molecule has 1 aromatic heterocycles. The van der Waals surface area contributed by atoms with Gasteiger partial charge in [0.25, 0.3) is 5.91 Å². The van der Waals surface area contributed by atoms with Crippen LogP contribution in [0.3, 0.4) is 0 Å². The molecule has 1 unspecified atom stereocenters. The zero-order chi connectivity index (χ0) is 22.9. The predicted molar refractivity (Wildman–Crippen MR) is 123 cm³/mol. The normalized spacial score (nSPS) is 17.3. The van der Waals surface area contributed by atoms with Crippen molar-refractivity contribution in [3.8, 4) is 11.3 Å². The summed E-state index contributed by atoms with van der Waals surface area (Å²) in [5.74, 6) is 0.438. The second-order valence-electron chi connectivity index (χ2n) is 8.04. The van der Waals surface area contributed by atoms with Gasteiger partial charge in [0.2, 0.25) is 10.0 Å². The molecule has 1 fully saturated rings. The highest BCUT2D eigenvalue weighted by molar-refractivity contribution is 7.89. The van der Waals surface area contributed by atoms with E-state index < -0.39 is 15.9 Å². The van der Waals surface area contributed by atoms with Gasteiger partial charge < -0.3 is 9.73 Å². The number of nitrogens with one attached hydrogen (secondary N) is 1.